The number of hydrogen-bond donors (Lipinski definition) is 0. The molecule has 0 radical (unpaired) electrons. The van der Waals surface area contributed by atoms with Crippen LogP contribution in [0.25, 0.3) is 0 Å². The first-order valence-electron chi connectivity index (χ1n) is 9.16. The molecule has 1 amide bonds. The van der Waals surface area contributed by atoms with Crippen molar-refractivity contribution in [3.05, 3.63) is 53.7 Å². The van der Waals surface area contributed by atoms with E-state index in [4.69, 9.17) is 4.42 Å². The fourth-order valence-corrected chi connectivity index (χ4v) is 3.60. The van der Waals surface area contributed by atoms with E-state index in [2.05, 4.69) is 41.1 Å². The number of likely N-dealkylation sites (tertiary alicyclic amines) is 1. The molecule has 0 saturated carbocycles. The highest BCUT2D eigenvalue weighted by molar-refractivity contribution is 5.92. The SMILES string of the molecule is CCCN(C(=O)c1ocnc1C)[C@@H]1CCCN(Cc2ccccc2)C1. The lowest BCUT2D eigenvalue weighted by Gasteiger charge is -2.39. The van der Waals surface area contributed by atoms with Crippen LogP contribution < -0.4 is 0 Å². The summed E-state index contributed by atoms with van der Waals surface area (Å²) in [4.78, 5) is 21.5. The minimum Gasteiger partial charge on any atom is -0.438 e. The molecule has 2 heterocycles. The van der Waals surface area contributed by atoms with Crippen LogP contribution in [-0.2, 0) is 6.54 Å². The molecule has 1 aliphatic heterocycles. The maximum atomic E-state index is 13.0. The average Bonchev–Trinajstić information content (AvgIpc) is 3.06. The number of aromatic nitrogens is 1. The fraction of sp³-hybridized carbons (Fsp3) is 0.500. The Balaban J connectivity index is 1.70. The second-order valence-corrected chi connectivity index (χ2v) is 6.78. The van der Waals surface area contributed by atoms with E-state index in [1.54, 1.807) is 0 Å². The largest absolute Gasteiger partial charge is 0.438 e. The number of rotatable bonds is 6. The molecule has 1 fully saturated rings. The summed E-state index contributed by atoms with van der Waals surface area (Å²) < 4.78 is 5.35. The molecule has 1 atom stereocenters. The van der Waals surface area contributed by atoms with Crippen molar-refractivity contribution in [1.82, 2.24) is 14.8 Å². The van der Waals surface area contributed by atoms with Crippen LogP contribution in [0.1, 0.15) is 48.0 Å². The minimum absolute atomic E-state index is 0.0246. The molecule has 0 aliphatic carbocycles. The van der Waals surface area contributed by atoms with Gasteiger partial charge >= 0.3 is 0 Å². The summed E-state index contributed by atoms with van der Waals surface area (Å²) >= 11 is 0. The highest BCUT2D eigenvalue weighted by Gasteiger charge is 2.31. The number of nitrogens with zero attached hydrogens (tertiary/aromatic N) is 3. The fourth-order valence-electron chi connectivity index (χ4n) is 3.60. The van der Waals surface area contributed by atoms with Gasteiger partial charge in [-0.25, -0.2) is 4.98 Å². The summed E-state index contributed by atoms with van der Waals surface area (Å²) in [5.74, 6) is 0.358. The quantitative estimate of drug-likeness (QED) is 0.807. The van der Waals surface area contributed by atoms with Crippen molar-refractivity contribution in [3.63, 3.8) is 0 Å². The van der Waals surface area contributed by atoms with E-state index >= 15 is 0 Å². The van der Waals surface area contributed by atoms with Gasteiger partial charge in [0, 0.05) is 25.7 Å². The van der Waals surface area contributed by atoms with Gasteiger partial charge in [0.15, 0.2) is 6.39 Å². The van der Waals surface area contributed by atoms with E-state index in [1.807, 2.05) is 17.9 Å². The van der Waals surface area contributed by atoms with Crippen molar-refractivity contribution in [2.24, 2.45) is 0 Å². The average molecular weight is 341 g/mol. The van der Waals surface area contributed by atoms with Crippen LogP contribution >= 0.6 is 0 Å². The Kier molecular flexibility index (Phi) is 5.87. The van der Waals surface area contributed by atoms with Crippen molar-refractivity contribution in [3.8, 4) is 0 Å². The van der Waals surface area contributed by atoms with E-state index in [-0.39, 0.29) is 11.9 Å². The molecule has 134 valence electrons. The number of oxazole rings is 1. The van der Waals surface area contributed by atoms with Gasteiger partial charge in [-0.1, -0.05) is 37.3 Å². The van der Waals surface area contributed by atoms with Crippen molar-refractivity contribution in [2.45, 2.75) is 45.7 Å². The van der Waals surface area contributed by atoms with Crippen LogP contribution in [0.15, 0.2) is 41.1 Å². The smallest absolute Gasteiger partial charge is 0.291 e. The van der Waals surface area contributed by atoms with E-state index in [9.17, 15) is 4.79 Å². The summed E-state index contributed by atoms with van der Waals surface area (Å²) in [5.41, 5.74) is 1.99. The number of aryl methyl sites for hydroxylation is 1. The normalized spacial score (nSPS) is 18.2. The summed E-state index contributed by atoms with van der Waals surface area (Å²) in [5, 5.41) is 0. The number of carbonyl (C=O) groups is 1. The second-order valence-electron chi connectivity index (χ2n) is 6.78. The molecule has 2 aromatic rings. The lowest BCUT2D eigenvalue weighted by atomic mass is 10.0. The summed E-state index contributed by atoms with van der Waals surface area (Å²) in [7, 11) is 0. The molecule has 5 heteroatoms. The standard InChI is InChI=1S/C20H27N3O2/c1-3-11-23(20(24)19-16(2)21-15-25-19)18-10-7-12-22(14-18)13-17-8-5-4-6-9-17/h4-6,8-9,15,18H,3,7,10-14H2,1-2H3/t18-/m1/s1. The number of carbonyl (C=O) groups excluding carboxylic acids is 1. The van der Waals surface area contributed by atoms with Crippen LogP contribution in [0.5, 0.6) is 0 Å². The minimum atomic E-state index is -0.0246. The van der Waals surface area contributed by atoms with Crippen molar-refractivity contribution in [1.29, 1.82) is 0 Å². The van der Waals surface area contributed by atoms with Gasteiger partial charge in [0.25, 0.3) is 5.91 Å². The summed E-state index contributed by atoms with van der Waals surface area (Å²) in [6.45, 7) is 7.62. The summed E-state index contributed by atoms with van der Waals surface area (Å²) in [6, 6.07) is 10.8. The molecule has 0 spiro atoms. The van der Waals surface area contributed by atoms with Gasteiger partial charge in [0.1, 0.15) is 0 Å². The zero-order valence-corrected chi connectivity index (χ0v) is 15.1. The van der Waals surface area contributed by atoms with Gasteiger partial charge in [-0.2, -0.15) is 0 Å². The first kappa shape index (κ1) is 17.7. The van der Waals surface area contributed by atoms with Gasteiger partial charge in [-0.05, 0) is 38.3 Å². The molecule has 1 saturated heterocycles. The lowest BCUT2D eigenvalue weighted by Crippen LogP contribution is -2.50. The molecule has 0 unspecified atom stereocenters. The van der Waals surface area contributed by atoms with Crippen LogP contribution in [0, 0.1) is 6.92 Å². The molecular weight excluding hydrogens is 314 g/mol. The maximum Gasteiger partial charge on any atom is 0.291 e. The van der Waals surface area contributed by atoms with Crippen LogP contribution in [-0.4, -0.2) is 46.4 Å². The molecular formula is C20H27N3O2. The highest BCUT2D eigenvalue weighted by atomic mass is 16.3. The van der Waals surface area contributed by atoms with Crippen LogP contribution in [0.2, 0.25) is 0 Å². The molecule has 1 aromatic carbocycles. The van der Waals surface area contributed by atoms with Crippen LogP contribution in [0.4, 0.5) is 0 Å². The third kappa shape index (κ3) is 4.28. The topological polar surface area (TPSA) is 49.6 Å². The van der Waals surface area contributed by atoms with Gasteiger partial charge in [0.05, 0.1) is 5.69 Å². The van der Waals surface area contributed by atoms with Crippen molar-refractivity contribution >= 4 is 5.91 Å². The number of hydrogen-bond acceptors (Lipinski definition) is 4. The molecule has 0 N–H and O–H groups in total. The Hall–Kier alpha value is -2.14. The Bertz CT molecular complexity index is 683. The molecule has 3 rings (SSSR count). The number of piperidine rings is 1. The maximum absolute atomic E-state index is 13.0. The van der Waals surface area contributed by atoms with Crippen molar-refractivity contribution < 1.29 is 9.21 Å². The predicted molar refractivity (Wildman–Crippen MR) is 97.3 cm³/mol. The summed E-state index contributed by atoms with van der Waals surface area (Å²) in [6.07, 6.45) is 4.45. The van der Waals surface area contributed by atoms with Gasteiger partial charge in [-0.15, -0.1) is 0 Å². The molecule has 1 aromatic heterocycles. The Morgan fingerprint density at radius 1 is 1.36 bits per heavy atom. The van der Waals surface area contributed by atoms with Crippen molar-refractivity contribution in [2.75, 3.05) is 19.6 Å². The molecule has 0 bridgehead atoms. The van der Waals surface area contributed by atoms with E-state index in [0.29, 0.717) is 11.5 Å². The number of benzene rings is 1. The third-order valence-electron chi connectivity index (χ3n) is 4.84. The molecule has 25 heavy (non-hydrogen) atoms. The Morgan fingerprint density at radius 2 is 2.16 bits per heavy atom. The predicted octanol–water partition coefficient (Wildman–Crippen LogP) is 3.50. The first-order chi connectivity index (χ1) is 12.2. The Labute approximate surface area is 149 Å². The number of amides is 1. The van der Waals surface area contributed by atoms with E-state index in [0.717, 1.165) is 45.4 Å². The van der Waals surface area contributed by atoms with Gasteiger partial charge in [0.2, 0.25) is 5.76 Å². The Morgan fingerprint density at radius 3 is 2.84 bits per heavy atom. The van der Waals surface area contributed by atoms with Gasteiger partial charge in [-0.3, -0.25) is 9.69 Å². The second kappa shape index (κ2) is 8.30. The van der Waals surface area contributed by atoms with Gasteiger partial charge < -0.3 is 9.32 Å². The zero-order chi connectivity index (χ0) is 17.6. The highest BCUT2D eigenvalue weighted by Crippen LogP contribution is 2.21. The zero-order valence-electron chi connectivity index (χ0n) is 15.1. The van der Waals surface area contributed by atoms with E-state index in [1.165, 1.54) is 12.0 Å². The van der Waals surface area contributed by atoms with E-state index < -0.39 is 0 Å². The monoisotopic (exact) mass is 341 g/mol. The first-order valence-corrected chi connectivity index (χ1v) is 9.16. The molecule has 1 aliphatic rings. The third-order valence-corrected chi connectivity index (χ3v) is 4.84. The van der Waals surface area contributed by atoms with Crippen LogP contribution in [0.3, 0.4) is 0 Å². The lowest BCUT2D eigenvalue weighted by molar-refractivity contribution is 0.0504. The molecule has 5 nitrogen and oxygen atoms in total.